The number of likely N-dealkylation sites (tertiary alicyclic amines) is 1. The van der Waals surface area contributed by atoms with Crippen LogP contribution in [0.2, 0.25) is 0 Å². The Hall–Kier alpha value is -1.66. The van der Waals surface area contributed by atoms with Crippen LogP contribution in [0.5, 0.6) is 0 Å². The van der Waals surface area contributed by atoms with Gasteiger partial charge in [-0.1, -0.05) is 34.1 Å². The fraction of sp³-hybridized carbons (Fsp3) is 0.444. The zero-order valence-corrected chi connectivity index (χ0v) is 15.7. The molecule has 1 aromatic carbocycles. The van der Waals surface area contributed by atoms with Gasteiger partial charge in [0, 0.05) is 37.2 Å². The van der Waals surface area contributed by atoms with E-state index in [1.165, 1.54) is 5.56 Å². The molecule has 0 radical (unpaired) electrons. The van der Waals surface area contributed by atoms with Crippen molar-refractivity contribution in [3.63, 3.8) is 0 Å². The third-order valence-corrected chi connectivity index (χ3v) is 5.28. The Bertz CT molecular complexity index is 720. The van der Waals surface area contributed by atoms with Crippen LogP contribution in [-0.2, 0) is 13.6 Å². The molecular formula is C18H23BrN4O. The Morgan fingerprint density at radius 2 is 2.04 bits per heavy atom. The Labute approximate surface area is 151 Å². The molecule has 1 N–H and O–H groups in total. The molecule has 0 aliphatic carbocycles. The molecular weight excluding hydrogens is 368 g/mol. The lowest BCUT2D eigenvalue weighted by atomic mass is 10.0. The van der Waals surface area contributed by atoms with E-state index in [2.05, 4.69) is 49.4 Å². The fourth-order valence-corrected chi connectivity index (χ4v) is 3.60. The summed E-state index contributed by atoms with van der Waals surface area (Å²) < 4.78 is 2.80. The minimum absolute atomic E-state index is 0.0256. The Balaban J connectivity index is 1.51. The summed E-state index contributed by atoms with van der Waals surface area (Å²) in [6, 6.07) is 10.4. The van der Waals surface area contributed by atoms with Gasteiger partial charge in [-0.3, -0.25) is 14.4 Å². The van der Waals surface area contributed by atoms with Crippen LogP contribution in [0.1, 0.15) is 34.6 Å². The summed E-state index contributed by atoms with van der Waals surface area (Å²) in [5.74, 6) is -0.0256. The van der Waals surface area contributed by atoms with Crippen molar-refractivity contribution in [1.29, 1.82) is 0 Å². The van der Waals surface area contributed by atoms with Crippen molar-refractivity contribution in [2.75, 3.05) is 13.1 Å². The van der Waals surface area contributed by atoms with Crippen molar-refractivity contribution < 1.29 is 4.79 Å². The van der Waals surface area contributed by atoms with Gasteiger partial charge in [0.05, 0.1) is 5.69 Å². The van der Waals surface area contributed by atoms with Crippen LogP contribution in [0, 0.1) is 6.92 Å². The molecule has 2 heterocycles. The number of hydrogen-bond acceptors (Lipinski definition) is 3. The molecule has 0 bridgehead atoms. The molecule has 24 heavy (non-hydrogen) atoms. The number of rotatable bonds is 4. The number of amides is 1. The van der Waals surface area contributed by atoms with Crippen LogP contribution in [-0.4, -0.2) is 39.7 Å². The first kappa shape index (κ1) is 17.2. The Kier molecular flexibility index (Phi) is 5.36. The zero-order chi connectivity index (χ0) is 17.1. The van der Waals surface area contributed by atoms with Gasteiger partial charge in [0.1, 0.15) is 5.69 Å². The van der Waals surface area contributed by atoms with E-state index in [1.807, 2.05) is 26.1 Å². The SMILES string of the molecule is Cc1cc(C(=O)NC2CCN(Cc3ccccc3Br)CC2)n(C)n1. The summed E-state index contributed by atoms with van der Waals surface area (Å²) >= 11 is 3.61. The van der Waals surface area contributed by atoms with Gasteiger partial charge in [-0.15, -0.1) is 0 Å². The van der Waals surface area contributed by atoms with E-state index in [4.69, 9.17) is 0 Å². The van der Waals surface area contributed by atoms with Gasteiger partial charge in [-0.25, -0.2) is 0 Å². The van der Waals surface area contributed by atoms with Crippen LogP contribution in [0.15, 0.2) is 34.8 Å². The number of nitrogens with one attached hydrogen (secondary N) is 1. The molecule has 5 nitrogen and oxygen atoms in total. The number of hydrogen-bond donors (Lipinski definition) is 1. The zero-order valence-electron chi connectivity index (χ0n) is 14.1. The molecule has 2 aromatic rings. The summed E-state index contributed by atoms with van der Waals surface area (Å²) in [7, 11) is 1.81. The predicted octanol–water partition coefficient (Wildman–Crippen LogP) is 2.89. The average molecular weight is 391 g/mol. The number of carbonyl (C=O) groups is 1. The minimum Gasteiger partial charge on any atom is -0.348 e. The van der Waals surface area contributed by atoms with Crippen LogP contribution in [0.3, 0.4) is 0 Å². The summed E-state index contributed by atoms with van der Waals surface area (Å²) in [6.07, 6.45) is 1.96. The summed E-state index contributed by atoms with van der Waals surface area (Å²) in [6.45, 7) is 4.84. The molecule has 0 unspecified atom stereocenters. The Morgan fingerprint density at radius 3 is 2.67 bits per heavy atom. The number of aromatic nitrogens is 2. The van der Waals surface area contributed by atoms with Gasteiger partial charge in [0.2, 0.25) is 0 Å². The largest absolute Gasteiger partial charge is 0.348 e. The maximum Gasteiger partial charge on any atom is 0.269 e. The number of benzene rings is 1. The van der Waals surface area contributed by atoms with Crippen molar-refractivity contribution in [1.82, 2.24) is 20.0 Å². The van der Waals surface area contributed by atoms with Crippen molar-refractivity contribution in [2.24, 2.45) is 7.05 Å². The molecule has 6 heteroatoms. The van der Waals surface area contributed by atoms with Gasteiger partial charge in [-0.2, -0.15) is 5.10 Å². The molecule has 1 amide bonds. The third-order valence-electron chi connectivity index (χ3n) is 4.51. The van der Waals surface area contributed by atoms with Gasteiger partial charge in [-0.05, 0) is 37.5 Å². The number of piperidine rings is 1. The third kappa shape index (κ3) is 4.05. The van der Waals surface area contributed by atoms with Crippen LogP contribution in [0.25, 0.3) is 0 Å². The van der Waals surface area contributed by atoms with Crippen LogP contribution >= 0.6 is 15.9 Å². The Morgan fingerprint density at radius 1 is 1.33 bits per heavy atom. The lowest BCUT2D eigenvalue weighted by molar-refractivity contribution is 0.0899. The highest BCUT2D eigenvalue weighted by atomic mass is 79.9. The second-order valence-electron chi connectivity index (χ2n) is 6.41. The molecule has 1 aromatic heterocycles. The van der Waals surface area contributed by atoms with E-state index in [0.29, 0.717) is 5.69 Å². The van der Waals surface area contributed by atoms with E-state index in [1.54, 1.807) is 4.68 Å². The van der Waals surface area contributed by atoms with Crippen molar-refractivity contribution in [3.8, 4) is 0 Å². The van der Waals surface area contributed by atoms with Crippen LogP contribution in [0.4, 0.5) is 0 Å². The topological polar surface area (TPSA) is 50.2 Å². The highest BCUT2D eigenvalue weighted by Crippen LogP contribution is 2.20. The fourth-order valence-electron chi connectivity index (χ4n) is 3.19. The maximum absolute atomic E-state index is 12.4. The molecule has 3 rings (SSSR count). The number of halogens is 1. The maximum atomic E-state index is 12.4. The predicted molar refractivity (Wildman–Crippen MR) is 97.9 cm³/mol. The van der Waals surface area contributed by atoms with Gasteiger partial charge in [0.25, 0.3) is 5.91 Å². The van der Waals surface area contributed by atoms with Gasteiger partial charge >= 0.3 is 0 Å². The first-order chi connectivity index (χ1) is 11.5. The van der Waals surface area contributed by atoms with Crippen molar-refractivity contribution in [2.45, 2.75) is 32.4 Å². The lowest BCUT2D eigenvalue weighted by Gasteiger charge is -2.32. The van der Waals surface area contributed by atoms with E-state index in [0.717, 1.165) is 42.6 Å². The molecule has 0 spiro atoms. The standard InChI is InChI=1S/C18H23BrN4O/c1-13-11-17(22(2)21-13)18(24)20-15-7-9-23(10-8-15)12-14-5-3-4-6-16(14)19/h3-6,11,15H,7-10,12H2,1-2H3,(H,20,24). The highest BCUT2D eigenvalue weighted by Gasteiger charge is 2.22. The normalized spacial score (nSPS) is 16.3. The molecule has 128 valence electrons. The molecule has 0 atom stereocenters. The smallest absolute Gasteiger partial charge is 0.269 e. The van der Waals surface area contributed by atoms with Crippen molar-refractivity contribution >= 4 is 21.8 Å². The summed E-state index contributed by atoms with van der Waals surface area (Å²) in [4.78, 5) is 14.8. The number of aryl methyl sites for hydroxylation is 2. The second kappa shape index (κ2) is 7.49. The number of carbonyl (C=O) groups excluding carboxylic acids is 1. The molecule has 1 saturated heterocycles. The van der Waals surface area contributed by atoms with E-state index >= 15 is 0 Å². The first-order valence-electron chi connectivity index (χ1n) is 8.30. The average Bonchev–Trinajstić information content (AvgIpc) is 2.90. The summed E-state index contributed by atoms with van der Waals surface area (Å²) in [5, 5.41) is 7.38. The first-order valence-corrected chi connectivity index (χ1v) is 9.09. The van der Waals surface area contributed by atoms with E-state index < -0.39 is 0 Å². The lowest BCUT2D eigenvalue weighted by Crippen LogP contribution is -2.44. The van der Waals surface area contributed by atoms with E-state index in [9.17, 15) is 4.79 Å². The second-order valence-corrected chi connectivity index (χ2v) is 7.26. The molecule has 1 fully saturated rings. The minimum atomic E-state index is -0.0256. The number of nitrogens with zero attached hydrogens (tertiary/aromatic N) is 3. The van der Waals surface area contributed by atoms with Gasteiger partial charge < -0.3 is 5.32 Å². The van der Waals surface area contributed by atoms with Crippen LogP contribution < -0.4 is 5.32 Å². The van der Waals surface area contributed by atoms with E-state index in [-0.39, 0.29) is 11.9 Å². The summed E-state index contributed by atoms with van der Waals surface area (Å²) in [5.41, 5.74) is 2.80. The van der Waals surface area contributed by atoms with Gasteiger partial charge in [0.15, 0.2) is 0 Å². The quantitative estimate of drug-likeness (QED) is 0.872. The van der Waals surface area contributed by atoms with Crippen molar-refractivity contribution in [3.05, 3.63) is 51.8 Å². The monoisotopic (exact) mass is 390 g/mol. The highest BCUT2D eigenvalue weighted by molar-refractivity contribution is 9.10. The molecule has 0 saturated carbocycles. The molecule has 1 aliphatic heterocycles. The molecule has 1 aliphatic rings.